The Bertz CT molecular complexity index is 1370. The smallest absolute Gasteiger partial charge is 0.262 e. The van der Waals surface area contributed by atoms with Crippen molar-refractivity contribution in [2.24, 2.45) is 11.8 Å². The van der Waals surface area contributed by atoms with Crippen LogP contribution in [0, 0.1) is 11.8 Å². The van der Waals surface area contributed by atoms with E-state index in [0.717, 1.165) is 61.7 Å². The van der Waals surface area contributed by atoms with Crippen LogP contribution < -0.4 is 14.4 Å². The van der Waals surface area contributed by atoms with Gasteiger partial charge in [-0.3, -0.25) is 9.52 Å². The maximum Gasteiger partial charge on any atom is 0.262 e. The molecule has 2 heterocycles. The first-order valence-corrected chi connectivity index (χ1v) is 16.2. The van der Waals surface area contributed by atoms with Crippen LogP contribution in [0.1, 0.15) is 53.6 Å². The number of aryl methyl sites for hydroxylation is 1. The topological polar surface area (TPSA) is 88.1 Å². The first-order chi connectivity index (χ1) is 18.7. The van der Waals surface area contributed by atoms with Crippen LogP contribution in [0.25, 0.3) is 0 Å². The number of ether oxygens (including phenoxy) is 2. The molecule has 39 heavy (non-hydrogen) atoms. The van der Waals surface area contributed by atoms with Crippen LogP contribution in [0.5, 0.6) is 5.75 Å². The van der Waals surface area contributed by atoms with Gasteiger partial charge in [0.25, 0.3) is 5.91 Å². The molecule has 0 radical (unpaired) electrons. The van der Waals surface area contributed by atoms with Crippen molar-refractivity contribution in [3.05, 3.63) is 58.1 Å². The summed E-state index contributed by atoms with van der Waals surface area (Å²) in [5, 5.41) is 11.4. The van der Waals surface area contributed by atoms with Crippen LogP contribution in [0.3, 0.4) is 0 Å². The Morgan fingerprint density at radius 3 is 2.85 bits per heavy atom. The van der Waals surface area contributed by atoms with Crippen molar-refractivity contribution in [3.8, 4) is 5.75 Å². The molecule has 2 aromatic rings. The molecule has 2 aromatic carbocycles. The Labute approximate surface area is 236 Å². The normalized spacial score (nSPS) is 33.1. The Kier molecular flexibility index (Phi) is 7.33. The van der Waals surface area contributed by atoms with E-state index >= 15 is 0 Å². The van der Waals surface area contributed by atoms with E-state index in [1.807, 2.05) is 18.2 Å². The second kappa shape index (κ2) is 10.6. The fourth-order valence-electron chi connectivity index (χ4n) is 6.84. The number of carbonyl (C=O) groups excluding carboxylic acids is 1. The van der Waals surface area contributed by atoms with Crippen LogP contribution in [0.15, 0.2) is 36.4 Å². The summed E-state index contributed by atoms with van der Waals surface area (Å²) in [4.78, 5) is 15.6. The molecule has 1 saturated carbocycles. The van der Waals surface area contributed by atoms with Crippen molar-refractivity contribution in [3.63, 3.8) is 0 Å². The van der Waals surface area contributed by atoms with Crippen molar-refractivity contribution in [1.82, 2.24) is 4.72 Å². The summed E-state index contributed by atoms with van der Waals surface area (Å²) in [6.45, 7) is 2.48. The highest BCUT2D eigenvalue weighted by molar-refractivity contribution is 7.99. The number of hydrogen-bond donors (Lipinski definition) is 2. The molecule has 0 saturated heterocycles. The summed E-state index contributed by atoms with van der Waals surface area (Å²) in [5.74, 6) is 4.99. The quantitative estimate of drug-likeness (QED) is 0.464. The standard InChI is InChI=1S/C30H37ClN2O5S/c1-39(36)12-11-37-17-25(34)14-20-4-5-23(20)16-33-18-30(10-2-3-21-13-24(31)7-8-26(21)30)19-38-28-9-6-22(15-27(28)33)29(35)32-39/h6-9,13,15,20,23,25,34H,1-5,10-12,14,16-19H2,(H,32,35,36)/t20-,23-,25+,30-,39?/m0/s1. The van der Waals surface area contributed by atoms with Crippen molar-refractivity contribution in [1.29, 1.82) is 0 Å². The minimum absolute atomic E-state index is 0.0869. The summed E-state index contributed by atoms with van der Waals surface area (Å²) in [6.07, 6.45) is 5.37. The van der Waals surface area contributed by atoms with Crippen molar-refractivity contribution >= 4 is 38.8 Å². The first-order valence-electron chi connectivity index (χ1n) is 13.9. The zero-order chi connectivity index (χ0) is 27.2. The predicted octanol–water partition coefficient (Wildman–Crippen LogP) is 3.98. The molecule has 2 bridgehead atoms. The van der Waals surface area contributed by atoms with E-state index in [4.69, 9.17) is 21.1 Å². The van der Waals surface area contributed by atoms with E-state index in [1.165, 1.54) is 11.1 Å². The Morgan fingerprint density at radius 1 is 1.18 bits per heavy atom. The molecular formula is C30H37ClN2O5S. The SMILES string of the molecule is C=S1(=O)CCOC[C@H](O)C[C@@H]2CC[C@H]2CN2C[C@@]3(CCCc4cc(Cl)ccc43)COc3ccc(cc32)C(=O)N1. The van der Waals surface area contributed by atoms with Gasteiger partial charge in [-0.1, -0.05) is 17.7 Å². The summed E-state index contributed by atoms with van der Waals surface area (Å²) >= 11 is 6.38. The van der Waals surface area contributed by atoms with Gasteiger partial charge >= 0.3 is 0 Å². The lowest BCUT2D eigenvalue weighted by Gasteiger charge is -2.45. The lowest BCUT2D eigenvalue weighted by atomic mass is 9.68. The molecule has 1 unspecified atom stereocenters. The molecular weight excluding hydrogens is 536 g/mol. The van der Waals surface area contributed by atoms with Gasteiger partial charge in [-0.15, -0.1) is 0 Å². The summed E-state index contributed by atoms with van der Waals surface area (Å²) in [7, 11) is -2.90. The molecule has 1 fully saturated rings. The zero-order valence-electron chi connectivity index (χ0n) is 22.2. The maximum atomic E-state index is 13.2. The molecule has 2 aliphatic carbocycles. The van der Waals surface area contributed by atoms with Crippen molar-refractivity contribution < 1.29 is 23.6 Å². The van der Waals surface area contributed by atoms with E-state index in [9.17, 15) is 14.1 Å². The number of amides is 1. The molecule has 210 valence electrons. The first kappa shape index (κ1) is 26.9. The highest BCUT2D eigenvalue weighted by Crippen LogP contribution is 2.46. The fourth-order valence-corrected chi connectivity index (χ4v) is 7.98. The number of aliphatic hydroxyl groups excluding tert-OH is 1. The third kappa shape index (κ3) is 5.53. The minimum Gasteiger partial charge on any atom is -0.490 e. The van der Waals surface area contributed by atoms with E-state index < -0.39 is 21.7 Å². The number of nitrogens with one attached hydrogen (secondary N) is 1. The van der Waals surface area contributed by atoms with Crippen LogP contribution >= 0.6 is 11.6 Å². The molecule has 1 spiro atoms. The van der Waals surface area contributed by atoms with Crippen LogP contribution in [-0.4, -0.2) is 65.9 Å². The highest BCUT2D eigenvalue weighted by atomic mass is 35.5. The van der Waals surface area contributed by atoms with Gasteiger partial charge in [0.15, 0.2) is 0 Å². The Hall–Kier alpha value is -2.26. The third-order valence-electron chi connectivity index (χ3n) is 9.05. The monoisotopic (exact) mass is 572 g/mol. The number of nitrogens with zero attached hydrogens (tertiary/aromatic N) is 1. The molecule has 0 aromatic heterocycles. The largest absolute Gasteiger partial charge is 0.490 e. The van der Waals surface area contributed by atoms with Crippen molar-refractivity contribution in [2.45, 2.75) is 50.0 Å². The molecule has 5 atom stereocenters. The Balaban J connectivity index is 1.40. The molecule has 1 amide bonds. The van der Waals surface area contributed by atoms with Gasteiger partial charge in [0.05, 0.1) is 37.4 Å². The van der Waals surface area contributed by atoms with Gasteiger partial charge in [-0.05, 0) is 97.7 Å². The molecule has 2 aliphatic heterocycles. The molecule has 2 N–H and O–H groups in total. The molecule has 7 nitrogen and oxygen atoms in total. The van der Waals surface area contributed by atoms with Crippen molar-refractivity contribution in [2.75, 3.05) is 43.6 Å². The lowest BCUT2D eigenvalue weighted by molar-refractivity contribution is 0.00968. The number of aliphatic hydroxyl groups is 1. The highest BCUT2D eigenvalue weighted by Gasteiger charge is 2.43. The molecule has 4 aliphatic rings. The van der Waals surface area contributed by atoms with E-state index in [0.29, 0.717) is 30.4 Å². The molecule has 6 rings (SSSR count). The number of fused-ring (bicyclic) bond motifs is 4. The van der Waals surface area contributed by atoms with Crippen LogP contribution in [0.2, 0.25) is 5.02 Å². The zero-order valence-corrected chi connectivity index (χ0v) is 23.8. The Morgan fingerprint density at radius 2 is 2.03 bits per heavy atom. The van der Waals surface area contributed by atoms with Gasteiger partial charge in [0.2, 0.25) is 0 Å². The van der Waals surface area contributed by atoms with E-state index in [-0.39, 0.29) is 24.4 Å². The van der Waals surface area contributed by atoms with Crippen LogP contribution in [0.4, 0.5) is 5.69 Å². The van der Waals surface area contributed by atoms with Crippen LogP contribution in [-0.2, 0) is 26.3 Å². The second-order valence-electron chi connectivity index (χ2n) is 11.8. The number of benzene rings is 2. The van der Waals surface area contributed by atoms with Gasteiger partial charge in [-0.25, -0.2) is 4.21 Å². The number of rotatable bonds is 0. The maximum absolute atomic E-state index is 13.2. The fraction of sp³-hybridized carbons (Fsp3) is 0.533. The third-order valence-corrected chi connectivity index (χ3v) is 10.7. The average molecular weight is 573 g/mol. The van der Waals surface area contributed by atoms with Gasteiger partial charge < -0.3 is 19.5 Å². The average Bonchev–Trinajstić information content (AvgIpc) is 3.04. The minimum atomic E-state index is -2.90. The number of hydrogen-bond acceptors (Lipinski definition) is 6. The summed E-state index contributed by atoms with van der Waals surface area (Å²) < 4.78 is 27.7. The van der Waals surface area contributed by atoms with Gasteiger partial charge in [-0.2, -0.15) is 0 Å². The van der Waals surface area contributed by atoms with Gasteiger partial charge in [0.1, 0.15) is 5.75 Å². The summed E-state index contributed by atoms with van der Waals surface area (Å²) in [5.41, 5.74) is 3.70. The van der Waals surface area contributed by atoms with E-state index in [1.54, 1.807) is 6.07 Å². The number of anilines is 1. The van der Waals surface area contributed by atoms with Gasteiger partial charge in [0, 0.05) is 38.8 Å². The van der Waals surface area contributed by atoms with E-state index in [2.05, 4.69) is 27.6 Å². The molecule has 9 heteroatoms. The summed E-state index contributed by atoms with van der Waals surface area (Å²) in [6, 6.07) is 11.7. The number of carbonyl (C=O) groups is 1. The second-order valence-corrected chi connectivity index (χ2v) is 14.5. The predicted molar refractivity (Wildman–Crippen MR) is 155 cm³/mol. The lowest BCUT2D eigenvalue weighted by Crippen LogP contribution is -2.48. The number of halogens is 1.